The summed E-state index contributed by atoms with van der Waals surface area (Å²) in [6.07, 6.45) is 0. The van der Waals surface area contributed by atoms with E-state index in [-0.39, 0.29) is 16.9 Å². The Morgan fingerprint density at radius 3 is 1.81 bits per heavy atom. The predicted molar refractivity (Wildman–Crippen MR) is 135 cm³/mol. The van der Waals surface area contributed by atoms with Crippen LogP contribution in [0.3, 0.4) is 0 Å². The van der Waals surface area contributed by atoms with Crippen molar-refractivity contribution in [1.29, 1.82) is 0 Å². The maximum Gasteiger partial charge on any atom is 0.336 e. The molecule has 4 aromatic carbocycles. The van der Waals surface area contributed by atoms with Crippen molar-refractivity contribution >= 4 is 16.9 Å². The van der Waals surface area contributed by atoms with E-state index in [1.54, 1.807) is 36.4 Å². The Labute approximate surface area is 205 Å². The van der Waals surface area contributed by atoms with Crippen LogP contribution < -0.4 is 0 Å². The Bertz CT molecular complexity index is 1570. The minimum absolute atomic E-state index is 0.0491. The Morgan fingerprint density at radius 1 is 0.722 bits per heavy atom. The highest BCUT2D eigenvalue weighted by Gasteiger charge is 2.23. The maximum absolute atomic E-state index is 13.5. The summed E-state index contributed by atoms with van der Waals surface area (Å²) < 4.78 is 40.3. The molecule has 0 aliphatic rings. The number of aromatic nitrogens is 1. The first-order chi connectivity index (χ1) is 17.2. The number of hydrogen-bond acceptors (Lipinski definition) is 2. The monoisotopic (exact) mass is 483 g/mol. The van der Waals surface area contributed by atoms with Crippen LogP contribution in [0, 0.1) is 5.82 Å². The summed E-state index contributed by atoms with van der Waals surface area (Å²) >= 11 is 0. The van der Waals surface area contributed by atoms with Gasteiger partial charge in [-0.2, -0.15) is 0 Å². The van der Waals surface area contributed by atoms with Crippen molar-refractivity contribution in [3.8, 4) is 33.5 Å². The average molecular weight is 483 g/mol. The Morgan fingerprint density at radius 2 is 1.22 bits per heavy atom. The number of carbonyl (C=O) groups is 1. The van der Waals surface area contributed by atoms with Crippen LogP contribution in [0.1, 0.15) is 22.8 Å². The summed E-state index contributed by atoms with van der Waals surface area (Å²) in [4.78, 5) is 16.8. The van der Waals surface area contributed by atoms with E-state index in [0.717, 1.165) is 34.7 Å². The van der Waals surface area contributed by atoms with Gasteiger partial charge in [0.15, 0.2) is 0 Å². The van der Waals surface area contributed by atoms with Crippen molar-refractivity contribution in [3.05, 3.63) is 114 Å². The van der Waals surface area contributed by atoms with Gasteiger partial charge in [0, 0.05) is 23.4 Å². The molecule has 0 radical (unpaired) electrons. The molecule has 1 aromatic heterocycles. The molecule has 0 saturated heterocycles. The quantitative estimate of drug-likeness (QED) is 0.274. The molecule has 0 spiro atoms. The van der Waals surface area contributed by atoms with Crippen LogP contribution in [0.15, 0.2) is 97.1 Å². The Balaban J connectivity index is 1.51. The molecular formula is C30H20F3NO2. The second-order valence-electron chi connectivity index (χ2n) is 8.64. The highest BCUT2D eigenvalue weighted by molar-refractivity contribution is 6.05. The zero-order valence-corrected chi connectivity index (χ0v) is 19.2. The zero-order valence-electron chi connectivity index (χ0n) is 19.2. The molecule has 178 valence electrons. The lowest BCUT2D eigenvalue weighted by Crippen LogP contribution is -2.06. The number of benzene rings is 4. The zero-order chi connectivity index (χ0) is 25.4. The van der Waals surface area contributed by atoms with Crippen molar-refractivity contribution in [1.82, 2.24) is 4.98 Å². The first-order valence-corrected chi connectivity index (χ1v) is 11.2. The molecule has 0 bridgehead atoms. The summed E-state index contributed by atoms with van der Waals surface area (Å²) in [7, 11) is 0. The van der Waals surface area contributed by atoms with E-state index < -0.39 is 11.9 Å². The van der Waals surface area contributed by atoms with Gasteiger partial charge in [-0.1, -0.05) is 66.7 Å². The van der Waals surface area contributed by atoms with Crippen LogP contribution in [-0.2, 0) is 5.92 Å². The second-order valence-corrected chi connectivity index (χ2v) is 8.64. The van der Waals surface area contributed by atoms with Crippen molar-refractivity contribution < 1.29 is 23.1 Å². The van der Waals surface area contributed by atoms with Crippen LogP contribution >= 0.6 is 0 Å². The van der Waals surface area contributed by atoms with Crippen LogP contribution in [-0.4, -0.2) is 16.1 Å². The minimum Gasteiger partial charge on any atom is -0.478 e. The topological polar surface area (TPSA) is 50.2 Å². The number of carboxylic acid groups (broad SMARTS) is 1. The van der Waals surface area contributed by atoms with Gasteiger partial charge in [0.2, 0.25) is 0 Å². The number of halogens is 3. The van der Waals surface area contributed by atoms with E-state index in [0.29, 0.717) is 16.6 Å². The lowest BCUT2D eigenvalue weighted by Gasteiger charge is -2.12. The highest BCUT2D eigenvalue weighted by Crippen LogP contribution is 2.32. The van der Waals surface area contributed by atoms with Gasteiger partial charge in [0.25, 0.3) is 5.92 Å². The van der Waals surface area contributed by atoms with Crippen LogP contribution in [0.4, 0.5) is 13.2 Å². The van der Waals surface area contributed by atoms with E-state index in [1.807, 2.05) is 30.3 Å². The van der Waals surface area contributed by atoms with Gasteiger partial charge in [0.1, 0.15) is 5.82 Å². The summed E-state index contributed by atoms with van der Waals surface area (Å²) in [6, 6.07) is 26.3. The van der Waals surface area contributed by atoms with Gasteiger partial charge in [-0.15, -0.1) is 0 Å². The molecule has 0 fully saturated rings. The number of nitrogens with zero attached hydrogens (tertiary/aromatic N) is 1. The fraction of sp³-hybridized carbons (Fsp3) is 0.0667. The largest absolute Gasteiger partial charge is 0.478 e. The number of alkyl halides is 2. The molecule has 1 heterocycles. The van der Waals surface area contributed by atoms with Gasteiger partial charge in [0.05, 0.1) is 16.8 Å². The summed E-state index contributed by atoms with van der Waals surface area (Å²) in [5.41, 5.74) is 4.97. The molecule has 0 unspecified atom stereocenters. The predicted octanol–water partition coefficient (Wildman–Crippen LogP) is 8.18. The second kappa shape index (κ2) is 8.96. The first-order valence-electron chi connectivity index (χ1n) is 11.2. The van der Waals surface area contributed by atoms with Gasteiger partial charge in [-0.3, -0.25) is 0 Å². The summed E-state index contributed by atoms with van der Waals surface area (Å²) in [5, 5.41) is 10.4. The van der Waals surface area contributed by atoms with Gasteiger partial charge >= 0.3 is 5.97 Å². The molecular weight excluding hydrogens is 463 g/mol. The van der Waals surface area contributed by atoms with Crippen LogP contribution in [0.2, 0.25) is 0 Å². The molecule has 6 heteroatoms. The van der Waals surface area contributed by atoms with E-state index in [1.165, 1.54) is 30.3 Å². The summed E-state index contributed by atoms with van der Waals surface area (Å²) in [5.74, 6) is -4.32. The lowest BCUT2D eigenvalue weighted by molar-refractivity contribution is 0.0175. The molecule has 5 aromatic rings. The number of aromatic carboxylic acids is 1. The molecule has 5 rings (SSSR count). The van der Waals surface area contributed by atoms with E-state index in [9.17, 15) is 23.1 Å². The van der Waals surface area contributed by atoms with Crippen molar-refractivity contribution in [2.24, 2.45) is 0 Å². The third-order valence-electron chi connectivity index (χ3n) is 6.12. The number of carboxylic acids is 1. The molecule has 0 aliphatic carbocycles. The minimum atomic E-state index is -2.90. The maximum atomic E-state index is 13.5. The lowest BCUT2D eigenvalue weighted by atomic mass is 9.98. The molecule has 36 heavy (non-hydrogen) atoms. The van der Waals surface area contributed by atoms with Gasteiger partial charge in [-0.05, 0) is 52.6 Å². The highest BCUT2D eigenvalue weighted by atomic mass is 19.3. The number of rotatable bonds is 5. The van der Waals surface area contributed by atoms with Gasteiger partial charge < -0.3 is 5.11 Å². The molecule has 0 aliphatic heterocycles. The van der Waals surface area contributed by atoms with Crippen LogP contribution in [0.25, 0.3) is 44.4 Å². The van der Waals surface area contributed by atoms with E-state index >= 15 is 0 Å². The fourth-order valence-corrected chi connectivity index (χ4v) is 4.16. The average Bonchev–Trinajstić information content (AvgIpc) is 2.88. The van der Waals surface area contributed by atoms with Crippen molar-refractivity contribution in [2.45, 2.75) is 12.8 Å². The van der Waals surface area contributed by atoms with E-state index in [2.05, 4.69) is 4.98 Å². The number of pyridine rings is 1. The first kappa shape index (κ1) is 23.3. The SMILES string of the molecule is CC(F)(F)c1ccc(-c2ccc(-c3cc(C(=O)O)c4cc(-c5ccc(F)cc5)ccc4n3)cc2)cc1. The van der Waals surface area contributed by atoms with E-state index in [4.69, 9.17) is 0 Å². The third kappa shape index (κ3) is 4.58. The van der Waals surface area contributed by atoms with Crippen molar-refractivity contribution in [2.75, 3.05) is 0 Å². The van der Waals surface area contributed by atoms with Crippen LogP contribution in [0.5, 0.6) is 0 Å². The molecule has 0 saturated carbocycles. The third-order valence-corrected chi connectivity index (χ3v) is 6.12. The molecule has 3 nitrogen and oxygen atoms in total. The summed E-state index contributed by atoms with van der Waals surface area (Å²) in [6.45, 7) is 0.863. The molecule has 0 amide bonds. The molecule has 0 atom stereocenters. The fourth-order valence-electron chi connectivity index (χ4n) is 4.16. The standard InChI is InChI=1S/C30H20F3NO2/c1-30(32,33)23-11-6-19(7-12-23)18-2-4-21(5-3-18)28-17-26(29(35)36)25-16-22(10-15-27(25)34-28)20-8-13-24(31)14-9-20/h2-17H,1H3,(H,35,36). The van der Waals surface area contributed by atoms with Gasteiger partial charge in [-0.25, -0.2) is 22.9 Å². The number of hydrogen-bond donors (Lipinski definition) is 1. The number of fused-ring (bicyclic) bond motifs is 1. The Hall–Kier alpha value is -4.45. The smallest absolute Gasteiger partial charge is 0.336 e. The normalized spacial score (nSPS) is 11.6. The van der Waals surface area contributed by atoms with Crippen molar-refractivity contribution in [3.63, 3.8) is 0 Å². The molecule has 1 N–H and O–H groups in total. The Kier molecular flexibility index (Phi) is 5.80.